The van der Waals surface area contributed by atoms with E-state index in [-0.39, 0.29) is 0 Å². The van der Waals surface area contributed by atoms with Crippen molar-refractivity contribution in [1.29, 1.82) is 0 Å². The van der Waals surface area contributed by atoms with E-state index in [0.29, 0.717) is 5.69 Å². The number of carbonyl (C=O) groups excluding carboxylic acids is 1. The minimum absolute atomic E-state index is 0.688. The van der Waals surface area contributed by atoms with Crippen LogP contribution in [0.3, 0.4) is 0 Å². The molecule has 5 heteroatoms. The lowest BCUT2D eigenvalue weighted by Crippen LogP contribution is -2.24. The number of amides is 2. The third kappa shape index (κ3) is 2.16. The number of nitrogens with zero attached hydrogens (tertiary/aromatic N) is 2. The predicted molar refractivity (Wildman–Crippen MR) is 79.6 cm³/mol. The molecule has 2 aromatic carbocycles. The number of hydrogen-bond acceptors (Lipinski definition) is 3. The highest BCUT2D eigenvalue weighted by atomic mass is 16.2. The molecule has 3 aromatic rings. The molecule has 5 nitrogen and oxygen atoms in total. The van der Waals surface area contributed by atoms with Gasteiger partial charge in [-0.05, 0) is 11.5 Å². The summed E-state index contributed by atoms with van der Waals surface area (Å²) < 4.78 is 0. The fourth-order valence-electron chi connectivity index (χ4n) is 2.19. The largest absolute Gasteiger partial charge is 0.350 e. The molecular formula is C15H12N4O. The van der Waals surface area contributed by atoms with Crippen LogP contribution in [0, 0.1) is 0 Å². The summed E-state index contributed by atoms with van der Waals surface area (Å²) in [6.07, 6.45) is 1.50. The lowest BCUT2D eigenvalue weighted by atomic mass is 10.0. The first-order chi connectivity index (χ1) is 9.75. The summed E-state index contributed by atoms with van der Waals surface area (Å²) in [7, 11) is 0. The van der Waals surface area contributed by atoms with Gasteiger partial charge in [0.25, 0.3) is 0 Å². The number of pyridine rings is 1. The van der Waals surface area contributed by atoms with Crippen LogP contribution in [0.4, 0.5) is 4.79 Å². The number of carbonyl (C=O) groups is 1. The van der Waals surface area contributed by atoms with Gasteiger partial charge in [0.1, 0.15) is 0 Å². The normalized spacial score (nSPS) is 11.2. The van der Waals surface area contributed by atoms with E-state index >= 15 is 0 Å². The standard InChI is InChI=1S/C15H12N4O/c16-15(20)19-17-9-14-12-7-2-1-5-10(12)11-6-3-4-8-13(11)18-14/h1-9H,(H3,16,19,20)/b17-9-. The van der Waals surface area contributed by atoms with Crippen molar-refractivity contribution in [2.24, 2.45) is 10.8 Å². The Kier molecular flexibility index (Phi) is 3.01. The Bertz CT molecular complexity index is 826. The Morgan fingerprint density at radius 2 is 1.70 bits per heavy atom. The summed E-state index contributed by atoms with van der Waals surface area (Å²) in [4.78, 5) is 15.2. The van der Waals surface area contributed by atoms with Crippen LogP contribution >= 0.6 is 0 Å². The minimum Gasteiger partial charge on any atom is -0.350 e. The summed E-state index contributed by atoms with van der Waals surface area (Å²) in [5, 5.41) is 6.94. The van der Waals surface area contributed by atoms with Gasteiger partial charge in [-0.1, -0.05) is 42.5 Å². The second kappa shape index (κ2) is 4.97. The first kappa shape index (κ1) is 12.1. The fourth-order valence-corrected chi connectivity index (χ4v) is 2.19. The summed E-state index contributed by atoms with van der Waals surface area (Å²) in [5.41, 5.74) is 8.72. The highest BCUT2D eigenvalue weighted by Crippen LogP contribution is 2.25. The van der Waals surface area contributed by atoms with Gasteiger partial charge in [-0.15, -0.1) is 0 Å². The molecule has 0 aliphatic carbocycles. The van der Waals surface area contributed by atoms with Crippen molar-refractivity contribution in [3.8, 4) is 0 Å². The zero-order valence-electron chi connectivity index (χ0n) is 10.6. The molecule has 0 bridgehead atoms. The highest BCUT2D eigenvalue weighted by Gasteiger charge is 2.05. The van der Waals surface area contributed by atoms with Gasteiger partial charge >= 0.3 is 6.03 Å². The van der Waals surface area contributed by atoms with E-state index in [4.69, 9.17) is 5.73 Å². The smallest absolute Gasteiger partial charge is 0.332 e. The molecule has 0 unspecified atom stereocenters. The average molecular weight is 264 g/mol. The number of fused-ring (bicyclic) bond motifs is 3. The topological polar surface area (TPSA) is 80.4 Å². The first-order valence-corrected chi connectivity index (χ1v) is 6.12. The predicted octanol–water partition coefficient (Wildman–Crippen LogP) is 2.39. The van der Waals surface area contributed by atoms with Crippen LogP contribution in [-0.4, -0.2) is 17.2 Å². The van der Waals surface area contributed by atoms with Gasteiger partial charge in [-0.2, -0.15) is 5.10 Å². The van der Waals surface area contributed by atoms with Gasteiger partial charge in [0, 0.05) is 10.8 Å². The van der Waals surface area contributed by atoms with Crippen LogP contribution in [0.25, 0.3) is 21.7 Å². The number of urea groups is 1. The molecular weight excluding hydrogens is 252 g/mol. The van der Waals surface area contributed by atoms with Crippen LogP contribution in [-0.2, 0) is 0 Å². The van der Waals surface area contributed by atoms with E-state index in [2.05, 4.69) is 15.5 Å². The van der Waals surface area contributed by atoms with E-state index in [0.717, 1.165) is 21.7 Å². The molecule has 0 aliphatic heterocycles. The van der Waals surface area contributed by atoms with Gasteiger partial charge in [-0.3, -0.25) is 0 Å². The van der Waals surface area contributed by atoms with Gasteiger partial charge in [0.2, 0.25) is 0 Å². The Morgan fingerprint density at radius 3 is 2.45 bits per heavy atom. The molecule has 98 valence electrons. The van der Waals surface area contributed by atoms with Crippen LogP contribution in [0.5, 0.6) is 0 Å². The molecule has 0 radical (unpaired) electrons. The van der Waals surface area contributed by atoms with Crippen LogP contribution in [0.15, 0.2) is 53.6 Å². The van der Waals surface area contributed by atoms with Crippen molar-refractivity contribution in [3.63, 3.8) is 0 Å². The Morgan fingerprint density at radius 1 is 1.05 bits per heavy atom. The van der Waals surface area contributed by atoms with Crippen LogP contribution in [0.1, 0.15) is 5.69 Å². The summed E-state index contributed by atoms with van der Waals surface area (Å²) in [6, 6.07) is 15.1. The zero-order chi connectivity index (χ0) is 13.9. The number of benzene rings is 2. The number of primary amides is 1. The van der Waals surface area contributed by atoms with E-state index in [1.54, 1.807) is 0 Å². The number of hydrogen-bond donors (Lipinski definition) is 2. The van der Waals surface area contributed by atoms with Gasteiger partial charge in [-0.25, -0.2) is 15.2 Å². The SMILES string of the molecule is NC(=O)N/N=C\c1nc2ccccc2c2ccccc12. The average Bonchev–Trinajstić information content (AvgIpc) is 2.47. The monoisotopic (exact) mass is 264 g/mol. The van der Waals surface area contributed by atoms with E-state index < -0.39 is 6.03 Å². The summed E-state index contributed by atoms with van der Waals surface area (Å²) >= 11 is 0. The molecule has 0 saturated heterocycles. The third-order valence-corrected chi connectivity index (χ3v) is 3.00. The van der Waals surface area contributed by atoms with Gasteiger partial charge < -0.3 is 5.73 Å². The van der Waals surface area contributed by atoms with Crippen molar-refractivity contribution in [1.82, 2.24) is 10.4 Å². The zero-order valence-corrected chi connectivity index (χ0v) is 10.6. The lowest BCUT2D eigenvalue weighted by molar-refractivity contribution is 0.249. The minimum atomic E-state index is -0.702. The van der Waals surface area contributed by atoms with Crippen molar-refractivity contribution in [2.75, 3.05) is 0 Å². The second-order valence-electron chi connectivity index (χ2n) is 4.29. The number of aromatic nitrogens is 1. The molecule has 0 atom stereocenters. The van der Waals surface area contributed by atoms with E-state index in [1.807, 2.05) is 48.5 Å². The Labute approximate surface area is 115 Å². The molecule has 0 aliphatic rings. The molecule has 0 spiro atoms. The second-order valence-corrected chi connectivity index (χ2v) is 4.29. The third-order valence-electron chi connectivity index (χ3n) is 3.00. The van der Waals surface area contributed by atoms with E-state index in [1.165, 1.54) is 6.21 Å². The fraction of sp³-hybridized carbons (Fsp3) is 0. The molecule has 3 N–H and O–H groups in total. The molecule has 2 amide bonds. The highest BCUT2D eigenvalue weighted by molar-refractivity contribution is 6.11. The molecule has 0 fully saturated rings. The Balaban J connectivity index is 2.24. The molecule has 3 rings (SSSR count). The maximum absolute atomic E-state index is 10.6. The molecule has 1 aromatic heterocycles. The number of rotatable bonds is 2. The number of nitrogens with one attached hydrogen (secondary N) is 1. The summed E-state index contributed by atoms with van der Waals surface area (Å²) in [6.45, 7) is 0. The molecule has 0 saturated carbocycles. The van der Waals surface area contributed by atoms with Gasteiger partial charge in [0.05, 0.1) is 17.4 Å². The molecule has 20 heavy (non-hydrogen) atoms. The van der Waals surface area contributed by atoms with E-state index in [9.17, 15) is 4.79 Å². The van der Waals surface area contributed by atoms with Crippen molar-refractivity contribution >= 4 is 33.9 Å². The quantitative estimate of drug-likeness (QED) is 0.423. The number of para-hydroxylation sites is 1. The van der Waals surface area contributed by atoms with Gasteiger partial charge in [0.15, 0.2) is 0 Å². The Hall–Kier alpha value is -2.95. The maximum atomic E-state index is 10.6. The summed E-state index contributed by atoms with van der Waals surface area (Å²) in [5.74, 6) is 0. The van der Waals surface area contributed by atoms with Crippen LogP contribution < -0.4 is 11.2 Å². The van der Waals surface area contributed by atoms with Crippen LogP contribution in [0.2, 0.25) is 0 Å². The van der Waals surface area contributed by atoms with Crippen molar-refractivity contribution < 1.29 is 4.79 Å². The van der Waals surface area contributed by atoms with Crippen molar-refractivity contribution in [2.45, 2.75) is 0 Å². The first-order valence-electron chi connectivity index (χ1n) is 6.12. The number of nitrogens with two attached hydrogens (primary N) is 1. The maximum Gasteiger partial charge on any atom is 0.332 e. The lowest BCUT2D eigenvalue weighted by Gasteiger charge is -2.06. The van der Waals surface area contributed by atoms with Crippen molar-refractivity contribution in [3.05, 3.63) is 54.2 Å². The number of hydrazone groups is 1. The molecule has 1 heterocycles.